The van der Waals surface area contributed by atoms with Crippen molar-refractivity contribution in [3.63, 3.8) is 0 Å². The molecule has 0 unspecified atom stereocenters. The van der Waals surface area contributed by atoms with Crippen molar-refractivity contribution < 1.29 is 23.7 Å². The van der Waals surface area contributed by atoms with E-state index in [1.807, 2.05) is 13.8 Å². The van der Waals surface area contributed by atoms with Gasteiger partial charge < -0.3 is 29.6 Å². The van der Waals surface area contributed by atoms with Crippen LogP contribution in [0.15, 0.2) is 24.3 Å². The van der Waals surface area contributed by atoms with Crippen molar-refractivity contribution in [2.75, 3.05) is 39.1 Å². The molecule has 26 heavy (non-hydrogen) atoms. The summed E-state index contributed by atoms with van der Waals surface area (Å²) in [5.74, 6) is 2.28. The van der Waals surface area contributed by atoms with Gasteiger partial charge in [-0.3, -0.25) is 0 Å². The molecule has 2 aromatic rings. The fourth-order valence-electron chi connectivity index (χ4n) is 2.51. The predicted molar refractivity (Wildman–Crippen MR) is 101 cm³/mol. The molecule has 2 N–H and O–H groups in total. The van der Waals surface area contributed by atoms with Crippen molar-refractivity contribution >= 4 is 17.4 Å². The fraction of sp³-hybridized carbons (Fsp3) is 0.316. The van der Waals surface area contributed by atoms with Crippen molar-refractivity contribution in [3.05, 3.63) is 35.4 Å². The van der Waals surface area contributed by atoms with Crippen LogP contribution in [0.5, 0.6) is 23.0 Å². The molecule has 0 aliphatic heterocycles. The lowest BCUT2D eigenvalue weighted by Crippen LogP contribution is -2.20. The monoisotopic (exact) mass is 360 g/mol. The van der Waals surface area contributed by atoms with Crippen LogP contribution < -0.4 is 29.6 Å². The number of rotatable bonds is 6. The van der Waals surface area contributed by atoms with Crippen molar-refractivity contribution in [2.45, 2.75) is 13.8 Å². The maximum atomic E-state index is 12.4. The summed E-state index contributed by atoms with van der Waals surface area (Å²) in [6, 6.07) is 6.66. The van der Waals surface area contributed by atoms with Gasteiger partial charge >= 0.3 is 6.03 Å². The third-order valence-corrected chi connectivity index (χ3v) is 3.96. The fourth-order valence-corrected chi connectivity index (χ4v) is 2.51. The highest BCUT2D eigenvalue weighted by Gasteiger charge is 2.14. The van der Waals surface area contributed by atoms with E-state index in [9.17, 15) is 4.79 Å². The molecule has 7 nitrogen and oxygen atoms in total. The van der Waals surface area contributed by atoms with E-state index in [-0.39, 0.29) is 6.03 Å². The van der Waals surface area contributed by atoms with Gasteiger partial charge in [-0.2, -0.15) is 0 Å². The Bertz CT molecular complexity index is 740. The van der Waals surface area contributed by atoms with Crippen LogP contribution in [0.1, 0.15) is 11.1 Å². The van der Waals surface area contributed by atoms with Crippen LogP contribution in [0.3, 0.4) is 0 Å². The Morgan fingerprint density at radius 2 is 0.962 bits per heavy atom. The number of hydrogen-bond donors (Lipinski definition) is 2. The first-order valence-corrected chi connectivity index (χ1v) is 7.96. The number of carbonyl (C=O) groups is 1. The average molecular weight is 360 g/mol. The molecule has 0 fully saturated rings. The number of nitrogens with one attached hydrogen (secondary N) is 2. The lowest BCUT2D eigenvalue weighted by Gasteiger charge is -2.16. The van der Waals surface area contributed by atoms with Crippen molar-refractivity contribution in [1.82, 2.24) is 0 Å². The molecule has 0 aliphatic rings. The molecule has 0 spiro atoms. The summed E-state index contributed by atoms with van der Waals surface area (Å²) >= 11 is 0. The smallest absolute Gasteiger partial charge is 0.323 e. The molecule has 0 aliphatic carbocycles. The molecule has 140 valence electrons. The average Bonchev–Trinajstić information content (AvgIpc) is 2.64. The second kappa shape index (κ2) is 8.33. The van der Waals surface area contributed by atoms with E-state index in [0.29, 0.717) is 34.4 Å². The predicted octanol–water partition coefficient (Wildman–Crippen LogP) is 3.98. The van der Waals surface area contributed by atoms with Gasteiger partial charge in [0.1, 0.15) is 0 Å². The third-order valence-electron chi connectivity index (χ3n) is 3.96. The number of carbonyl (C=O) groups excluding carboxylic acids is 1. The highest BCUT2D eigenvalue weighted by molar-refractivity contribution is 6.01. The normalized spacial score (nSPS) is 10.1. The van der Waals surface area contributed by atoms with E-state index >= 15 is 0 Å². The molecule has 0 heterocycles. The van der Waals surface area contributed by atoms with Gasteiger partial charge in [0.05, 0.1) is 28.4 Å². The number of methoxy groups -OCH3 is 4. The molecule has 0 bridgehead atoms. The molecule has 7 heteroatoms. The summed E-state index contributed by atoms with van der Waals surface area (Å²) in [7, 11) is 6.22. The van der Waals surface area contributed by atoms with E-state index in [1.54, 1.807) is 52.7 Å². The summed E-state index contributed by atoms with van der Waals surface area (Å²) in [6.07, 6.45) is 0. The number of aryl methyl sites for hydroxylation is 2. The van der Waals surface area contributed by atoms with Gasteiger partial charge in [-0.1, -0.05) is 0 Å². The zero-order valence-corrected chi connectivity index (χ0v) is 15.9. The van der Waals surface area contributed by atoms with Gasteiger partial charge in [0.25, 0.3) is 0 Å². The number of amides is 2. The quantitative estimate of drug-likeness (QED) is 0.815. The topological polar surface area (TPSA) is 78.1 Å². The van der Waals surface area contributed by atoms with Crippen LogP contribution in [-0.2, 0) is 0 Å². The SMILES string of the molecule is COc1cc(C)c(NC(=O)Nc2cc(OC)c(OC)cc2C)cc1OC. The molecule has 0 radical (unpaired) electrons. The molecule has 0 atom stereocenters. The number of ether oxygens (including phenoxy) is 4. The lowest BCUT2D eigenvalue weighted by molar-refractivity contribution is 0.262. The van der Waals surface area contributed by atoms with E-state index in [2.05, 4.69) is 10.6 Å². The molecule has 0 saturated heterocycles. The molecule has 2 aromatic carbocycles. The second-order valence-corrected chi connectivity index (χ2v) is 5.62. The van der Waals surface area contributed by atoms with Gasteiger partial charge in [-0.25, -0.2) is 4.79 Å². The Morgan fingerprint density at radius 3 is 1.27 bits per heavy atom. The Kier molecular flexibility index (Phi) is 6.16. The summed E-state index contributed by atoms with van der Waals surface area (Å²) in [6.45, 7) is 3.75. The second-order valence-electron chi connectivity index (χ2n) is 5.62. The zero-order valence-electron chi connectivity index (χ0n) is 15.9. The van der Waals surface area contributed by atoms with Gasteiger partial charge in [0, 0.05) is 23.5 Å². The summed E-state index contributed by atoms with van der Waals surface area (Å²) in [4.78, 5) is 12.4. The number of anilines is 2. The van der Waals surface area contributed by atoms with E-state index in [1.165, 1.54) is 0 Å². The van der Waals surface area contributed by atoms with Gasteiger partial charge in [0.15, 0.2) is 23.0 Å². The molecule has 2 amide bonds. The first kappa shape index (κ1) is 19.2. The van der Waals surface area contributed by atoms with Gasteiger partial charge in [-0.15, -0.1) is 0 Å². The zero-order chi connectivity index (χ0) is 19.3. The minimum atomic E-state index is -0.379. The molecule has 0 aromatic heterocycles. The number of benzene rings is 2. The van der Waals surface area contributed by atoms with Crippen LogP contribution >= 0.6 is 0 Å². The highest BCUT2D eigenvalue weighted by Crippen LogP contribution is 2.34. The van der Waals surface area contributed by atoms with Gasteiger partial charge in [-0.05, 0) is 37.1 Å². The third kappa shape index (κ3) is 4.11. The van der Waals surface area contributed by atoms with Crippen LogP contribution in [0.25, 0.3) is 0 Å². The van der Waals surface area contributed by atoms with E-state index in [4.69, 9.17) is 18.9 Å². The van der Waals surface area contributed by atoms with Crippen molar-refractivity contribution in [3.8, 4) is 23.0 Å². The Labute approximate surface area is 153 Å². The molecule has 0 saturated carbocycles. The van der Waals surface area contributed by atoms with Crippen molar-refractivity contribution in [1.29, 1.82) is 0 Å². The maximum Gasteiger partial charge on any atom is 0.323 e. The minimum absolute atomic E-state index is 0.379. The minimum Gasteiger partial charge on any atom is -0.493 e. The number of hydrogen-bond acceptors (Lipinski definition) is 5. The summed E-state index contributed by atoms with van der Waals surface area (Å²) in [5, 5.41) is 5.64. The van der Waals surface area contributed by atoms with E-state index < -0.39 is 0 Å². The Hall–Kier alpha value is -3.09. The highest BCUT2D eigenvalue weighted by atomic mass is 16.5. The lowest BCUT2D eigenvalue weighted by atomic mass is 10.1. The van der Waals surface area contributed by atoms with Crippen LogP contribution in [0.2, 0.25) is 0 Å². The largest absolute Gasteiger partial charge is 0.493 e. The standard InChI is InChI=1S/C19H24N2O5/c1-11-7-15(23-3)17(25-5)9-13(11)20-19(22)21-14-10-18(26-6)16(24-4)8-12(14)2/h7-10H,1-6H3,(H2,20,21,22). The summed E-state index contributed by atoms with van der Waals surface area (Å²) < 4.78 is 21.1. The molecule has 2 rings (SSSR count). The van der Waals surface area contributed by atoms with Crippen molar-refractivity contribution in [2.24, 2.45) is 0 Å². The Balaban J connectivity index is 2.22. The Morgan fingerprint density at radius 1 is 0.654 bits per heavy atom. The molecular weight excluding hydrogens is 336 g/mol. The van der Waals surface area contributed by atoms with Crippen LogP contribution in [0, 0.1) is 13.8 Å². The molecular formula is C19H24N2O5. The van der Waals surface area contributed by atoms with Gasteiger partial charge in [0.2, 0.25) is 0 Å². The first-order valence-electron chi connectivity index (χ1n) is 7.96. The number of urea groups is 1. The maximum absolute atomic E-state index is 12.4. The van der Waals surface area contributed by atoms with E-state index in [0.717, 1.165) is 11.1 Å². The van der Waals surface area contributed by atoms with Crippen LogP contribution in [-0.4, -0.2) is 34.5 Å². The van der Waals surface area contributed by atoms with Crippen LogP contribution in [0.4, 0.5) is 16.2 Å². The summed E-state index contributed by atoms with van der Waals surface area (Å²) in [5.41, 5.74) is 2.94. The first-order chi connectivity index (χ1) is 12.4.